The Kier molecular flexibility index (Phi) is 6.45. The van der Waals surface area contributed by atoms with Gasteiger partial charge in [0.05, 0.1) is 5.56 Å². The minimum atomic E-state index is -2.15. The molecule has 6 nitrogen and oxygen atoms in total. The summed E-state index contributed by atoms with van der Waals surface area (Å²) < 4.78 is 66.3. The number of nitrogens with one attached hydrogen (secondary N) is 1. The van der Waals surface area contributed by atoms with Crippen molar-refractivity contribution in [2.45, 2.75) is 39.7 Å². The number of ether oxygens (including phenoxy) is 2. The van der Waals surface area contributed by atoms with Gasteiger partial charge in [-0.1, -0.05) is 6.92 Å². The summed E-state index contributed by atoms with van der Waals surface area (Å²) in [7, 11) is 0. The fraction of sp³-hybridized carbons (Fsp3) is 0.364. The van der Waals surface area contributed by atoms with Gasteiger partial charge in [-0.2, -0.15) is 0 Å². The lowest BCUT2D eigenvalue weighted by Gasteiger charge is -2.31. The van der Waals surface area contributed by atoms with Crippen molar-refractivity contribution < 1.29 is 36.6 Å². The van der Waals surface area contributed by atoms with Crippen molar-refractivity contribution in [2.24, 2.45) is 0 Å². The number of benzene rings is 2. The number of fused-ring (bicyclic) bond motifs is 1. The Hall–Kier alpha value is -3.14. The molecule has 1 heterocycles. The van der Waals surface area contributed by atoms with E-state index in [9.17, 15) is 27.2 Å². The van der Waals surface area contributed by atoms with E-state index in [0.717, 1.165) is 0 Å². The molecule has 0 spiro atoms. The zero-order valence-electron chi connectivity index (χ0n) is 17.9. The average Bonchev–Trinajstić information content (AvgIpc) is 2.76. The molecule has 0 unspecified atom stereocenters. The zero-order chi connectivity index (χ0) is 23.8. The maximum atomic E-state index is 14.3. The first-order valence-electron chi connectivity index (χ1n) is 9.87. The number of hydrazine groups is 1. The third-order valence-electron chi connectivity index (χ3n) is 4.58. The third-order valence-corrected chi connectivity index (χ3v) is 4.58. The van der Waals surface area contributed by atoms with Gasteiger partial charge in [0.1, 0.15) is 13.2 Å². The molecule has 2 amide bonds. The molecular formula is C22H22F4N2O4. The third kappa shape index (κ3) is 4.40. The summed E-state index contributed by atoms with van der Waals surface area (Å²) in [5.74, 6) is -9.39. The largest absolute Gasteiger partial charge is 0.486 e. The van der Waals surface area contributed by atoms with Crippen LogP contribution >= 0.6 is 0 Å². The van der Waals surface area contributed by atoms with Crippen molar-refractivity contribution in [1.29, 1.82) is 0 Å². The van der Waals surface area contributed by atoms with Gasteiger partial charge >= 0.3 is 0 Å². The van der Waals surface area contributed by atoms with Crippen LogP contribution in [0, 0.1) is 23.3 Å². The predicted molar refractivity (Wildman–Crippen MR) is 106 cm³/mol. The Balaban J connectivity index is 2.12. The molecule has 2 aromatic carbocycles. The van der Waals surface area contributed by atoms with E-state index in [1.165, 1.54) is 12.1 Å². The lowest BCUT2D eigenvalue weighted by molar-refractivity contribution is 0.0446. The summed E-state index contributed by atoms with van der Waals surface area (Å²) >= 11 is 0. The minimum Gasteiger partial charge on any atom is -0.486 e. The molecule has 0 radical (unpaired) electrons. The fourth-order valence-electron chi connectivity index (χ4n) is 3.22. The molecule has 1 N–H and O–H groups in total. The maximum Gasteiger partial charge on any atom is 0.278 e. The second kappa shape index (κ2) is 8.78. The van der Waals surface area contributed by atoms with Crippen molar-refractivity contribution in [3.05, 3.63) is 58.2 Å². The molecule has 0 atom stereocenters. The molecule has 0 aliphatic carbocycles. The number of rotatable bonds is 4. The molecule has 0 bridgehead atoms. The summed E-state index contributed by atoms with van der Waals surface area (Å²) in [5, 5.41) is 0.458. The van der Waals surface area contributed by atoms with E-state index in [2.05, 4.69) is 5.43 Å². The predicted octanol–water partition coefficient (Wildman–Crippen LogP) is 4.16. The fourth-order valence-corrected chi connectivity index (χ4v) is 3.22. The van der Waals surface area contributed by atoms with Crippen LogP contribution in [0.15, 0.2) is 18.2 Å². The lowest BCUT2D eigenvalue weighted by Crippen LogP contribution is -2.55. The molecule has 0 saturated heterocycles. The lowest BCUT2D eigenvalue weighted by atomic mass is 10.0. The van der Waals surface area contributed by atoms with Crippen LogP contribution < -0.4 is 14.9 Å². The molecule has 3 rings (SSSR count). The van der Waals surface area contributed by atoms with Gasteiger partial charge in [-0.3, -0.25) is 9.59 Å². The number of hydrogen-bond acceptors (Lipinski definition) is 5. The van der Waals surface area contributed by atoms with Crippen molar-refractivity contribution in [1.82, 2.24) is 10.4 Å². The van der Waals surface area contributed by atoms with Crippen molar-refractivity contribution >= 4 is 11.8 Å². The first kappa shape index (κ1) is 23.5. The van der Waals surface area contributed by atoms with E-state index in [1.807, 2.05) is 0 Å². The zero-order valence-corrected chi connectivity index (χ0v) is 17.9. The van der Waals surface area contributed by atoms with Crippen LogP contribution in [-0.4, -0.2) is 35.6 Å². The molecule has 1 aliphatic heterocycles. The summed E-state index contributed by atoms with van der Waals surface area (Å²) in [6.45, 7) is 7.21. The smallest absolute Gasteiger partial charge is 0.278 e. The van der Waals surface area contributed by atoms with Gasteiger partial charge in [-0.15, -0.1) is 0 Å². The second-order valence-corrected chi connectivity index (χ2v) is 8.12. The number of carbonyl (C=O) groups is 2. The van der Waals surface area contributed by atoms with E-state index < -0.39 is 46.2 Å². The molecule has 0 fully saturated rings. The van der Waals surface area contributed by atoms with Crippen molar-refractivity contribution in [2.75, 3.05) is 13.2 Å². The molecule has 0 aromatic heterocycles. The topological polar surface area (TPSA) is 67.9 Å². The first-order valence-corrected chi connectivity index (χ1v) is 9.87. The Morgan fingerprint density at radius 2 is 1.59 bits per heavy atom. The van der Waals surface area contributed by atoms with E-state index >= 15 is 0 Å². The minimum absolute atomic E-state index is 0.0466. The van der Waals surface area contributed by atoms with Crippen LogP contribution in [0.25, 0.3) is 0 Å². The summed E-state index contributed by atoms with van der Waals surface area (Å²) in [5.41, 5.74) is 1.08. The first-order chi connectivity index (χ1) is 15.0. The molecule has 32 heavy (non-hydrogen) atoms. The van der Waals surface area contributed by atoms with Gasteiger partial charge < -0.3 is 9.47 Å². The van der Waals surface area contributed by atoms with E-state index in [-0.39, 0.29) is 18.2 Å². The van der Waals surface area contributed by atoms with Crippen LogP contribution in [0.3, 0.4) is 0 Å². The van der Waals surface area contributed by atoms with Crippen LogP contribution in [0.1, 0.15) is 54.0 Å². The number of carbonyl (C=O) groups excluding carboxylic acids is 2. The summed E-state index contributed by atoms with van der Waals surface area (Å²) in [6, 6.07) is 3.13. The second-order valence-electron chi connectivity index (χ2n) is 8.12. The molecule has 2 aromatic rings. The summed E-state index contributed by atoms with van der Waals surface area (Å²) in [6.07, 6.45) is 0.333. The van der Waals surface area contributed by atoms with Crippen LogP contribution in [0.2, 0.25) is 0 Å². The van der Waals surface area contributed by atoms with Crippen LogP contribution in [-0.2, 0) is 6.42 Å². The quantitative estimate of drug-likeness (QED) is 0.247. The molecule has 10 heteroatoms. The van der Waals surface area contributed by atoms with E-state index in [0.29, 0.717) is 35.1 Å². The average molecular weight is 454 g/mol. The Labute approximate surface area is 182 Å². The highest BCUT2D eigenvalue weighted by Crippen LogP contribution is 2.37. The van der Waals surface area contributed by atoms with Gasteiger partial charge in [0.2, 0.25) is 0 Å². The Morgan fingerprint density at radius 3 is 2.22 bits per heavy atom. The molecular weight excluding hydrogens is 432 g/mol. The number of halogens is 4. The highest BCUT2D eigenvalue weighted by atomic mass is 19.2. The number of imide groups is 1. The number of nitrogens with zero attached hydrogens (tertiary/aromatic N) is 1. The van der Waals surface area contributed by atoms with Crippen molar-refractivity contribution in [3.8, 4) is 11.5 Å². The van der Waals surface area contributed by atoms with Gasteiger partial charge in [0.25, 0.3) is 11.8 Å². The van der Waals surface area contributed by atoms with Gasteiger partial charge in [0.15, 0.2) is 34.8 Å². The number of amides is 2. The van der Waals surface area contributed by atoms with Gasteiger partial charge in [-0.25, -0.2) is 28.0 Å². The van der Waals surface area contributed by atoms with E-state index in [1.54, 1.807) is 27.7 Å². The highest BCUT2D eigenvalue weighted by Gasteiger charge is 2.34. The monoisotopic (exact) mass is 454 g/mol. The molecule has 1 aliphatic rings. The number of hydrogen-bond donors (Lipinski definition) is 1. The van der Waals surface area contributed by atoms with Gasteiger partial charge in [0, 0.05) is 16.7 Å². The molecule has 172 valence electrons. The standard InChI is InChI=1S/C22H22F4N2O4/c1-5-11-12(6-7-15-19(11)32-9-8-31-15)20(29)28(27-22(2,3)4)21(30)13-10-14(23)17(25)18(26)16(13)24/h6-7,10,27H,5,8-9H2,1-4H3. The normalized spacial score (nSPS) is 13.1. The summed E-state index contributed by atoms with van der Waals surface area (Å²) in [4.78, 5) is 26.5. The van der Waals surface area contributed by atoms with Crippen LogP contribution in [0.5, 0.6) is 11.5 Å². The highest BCUT2D eigenvalue weighted by molar-refractivity contribution is 6.11. The Bertz CT molecular complexity index is 1080. The van der Waals surface area contributed by atoms with E-state index in [4.69, 9.17) is 9.47 Å². The SMILES string of the molecule is CCc1c(C(=O)N(NC(C)(C)C)C(=O)c2cc(F)c(F)c(F)c2F)ccc2c1OCCO2. The maximum absolute atomic E-state index is 14.3. The van der Waals surface area contributed by atoms with Gasteiger partial charge in [-0.05, 0) is 45.4 Å². The Morgan fingerprint density at radius 1 is 0.969 bits per heavy atom. The van der Waals surface area contributed by atoms with Crippen molar-refractivity contribution in [3.63, 3.8) is 0 Å². The van der Waals surface area contributed by atoms with Crippen LogP contribution in [0.4, 0.5) is 17.6 Å². The molecule has 0 saturated carbocycles.